The van der Waals surface area contributed by atoms with Crippen molar-refractivity contribution in [3.05, 3.63) is 34.3 Å². The fraction of sp³-hybridized carbons (Fsp3) is 0.357. The highest BCUT2D eigenvalue weighted by Gasteiger charge is 2.20. The zero-order chi connectivity index (χ0) is 15.8. The Balaban J connectivity index is 2.44. The number of primary amides is 1. The molecule has 1 aromatic rings. The molecule has 0 aliphatic rings. The van der Waals surface area contributed by atoms with Crippen LogP contribution in [0.4, 0.5) is 0 Å². The van der Waals surface area contributed by atoms with E-state index in [0.29, 0.717) is 6.42 Å². The van der Waals surface area contributed by atoms with Crippen LogP contribution in [0.5, 0.6) is 0 Å². The largest absolute Gasteiger partial charge is 0.480 e. The first-order valence-corrected chi connectivity index (χ1v) is 7.22. The molecule has 0 bridgehead atoms. The highest BCUT2D eigenvalue weighted by atomic mass is 79.9. The second-order valence-corrected chi connectivity index (χ2v) is 5.51. The zero-order valence-electron chi connectivity index (χ0n) is 11.3. The zero-order valence-corrected chi connectivity index (χ0v) is 12.9. The Labute approximate surface area is 130 Å². The fourth-order valence-corrected chi connectivity index (χ4v) is 1.98. The third-order valence-electron chi connectivity index (χ3n) is 2.87. The van der Waals surface area contributed by atoms with E-state index in [4.69, 9.17) is 10.8 Å². The van der Waals surface area contributed by atoms with E-state index in [9.17, 15) is 14.4 Å². The smallest absolute Gasteiger partial charge is 0.326 e. The van der Waals surface area contributed by atoms with Gasteiger partial charge in [0.15, 0.2) is 0 Å². The fourth-order valence-electron chi connectivity index (χ4n) is 1.72. The molecule has 0 aliphatic heterocycles. The minimum absolute atomic E-state index is 0.00527. The van der Waals surface area contributed by atoms with Crippen molar-refractivity contribution in [3.8, 4) is 0 Å². The van der Waals surface area contributed by atoms with Gasteiger partial charge in [-0.1, -0.05) is 28.1 Å². The topological polar surface area (TPSA) is 109 Å². The van der Waals surface area contributed by atoms with Crippen LogP contribution in [0.3, 0.4) is 0 Å². The Kier molecular flexibility index (Phi) is 6.87. The standard InChI is InChI=1S/C14H17BrN2O4/c15-10-4-1-9(2-5-10)3-8-13(19)17-11(14(20)21)6-7-12(16)18/h1-2,4-5,11H,3,6-8H2,(H2,16,18)(H,17,19)(H,20,21)/t11-/m0/s1. The van der Waals surface area contributed by atoms with Crippen LogP contribution in [0.1, 0.15) is 24.8 Å². The van der Waals surface area contributed by atoms with Crippen molar-refractivity contribution in [1.82, 2.24) is 5.32 Å². The second kappa shape index (κ2) is 8.41. The number of aliphatic carboxylic acids is 1. The molecule has 21 heavy (non-hydrogen) atoms. The van der Waals surface area contributed by atoms with Crippen LogP contribution in [0.2, 0.25) is 0 Å². The van der Waals surface area contributed by atoms with Crippen molar-refractivity contribution >= 4 is 33.7 Å². The van der Waals surface area contributed by atoms with E-state index >= 15 is 0 Å². The first-order valence-electron chi connectivity index (χ1n) is 6.43. The molecule has 0 fully saturated rings. The van der Waals surface area contributed by atoms with Crippen LogP contribution in [0.25, 0.3) is 0 Å². The van der Waals surface area contributed by atoms with Crippen molar-refractivity contribution in [2.24, 2.45) is 5.73 Å². The van der Waals surface area contributed by atoms with E-state index in [1.54, 1.807) is 0 Å². The quantitative estimate of drug-likeness (QED) is 0.650. The third-order valence-corrected chi connectivity index (χ3v) is 3.40. The van der Waals surface area contributed by atoms with Crippen LogP contribution >= 0.6 is 15.9 Å². The van der Waals surface area contributed by atoms with Crippen LogP contribution < -0.4 is 11.1 Å². The summed E-state index contributed by atoms with van der Waals surface area (Å²) in [6, 6.07) is 6.44. The molecule has 114 valence electrons. The molecule has 6 nitrogen and oxygen atoms in total. The Morgan fingerprint density at radius 2 is 1.81 bits per heavy atom. The molecule has 0 spiro atoms. The average molecular weight is 357 g/mol. The molecule has 0 unspecified atom stereocenters. The summed E-state index contributed by atoms with van der Waals surface area (Å²) in [6.45, 7) is 0. The minimum atomic E-state index is -1.17. The maximum atomic E-state index is 11.7. The summed E-state index contributed by atoms with van der Waals surface area (Å²) in [4.78, 5) is 33.4. The lowest BCUT2D eigenvalue weighted by Gasteiger charge is -2.13. The molecule has 0 heterocycles. The number of rotatable bonds is 8. The molecule has 7 heteroatoms. The average Bonchev–Trinajstić information content (AvgIpc) is 2.42. The van der Waals surface area contributed by atoms with E-state index in [-0.39, 0.29) is 25.2 Å². The Morgan fingerprint density at radius 3 is 2.33 bits per heavy atom. The maximum absolute atomic E-state index is 11.7. The van der Waals surface area contributed by atoms with Crippen molar-refractivity contribution in [3.63, 3.8) is 0 Å². The number of nitrogens with one attached hydrogen (secondary N) is 1. The number of carboxylic acids is 1. The monoisotopic (exact) mass is 356 g/mol. The number of nitrogens with two attached hydrogens (primary N) is 1. The maximum Gasteiger partial charge on any atom is 0.326 e. The predicted molar refractivity (Wildman–Crippen MR) is 80.5 cm³/mol. The Morgan fingerprint density at radius 1 is 1.19 bits per heavy atom. The van der Waals surface area contributed by atoms with Crippen LogP contribution in [0.15, 0.2) is 28.7 Å². The molecular formula is C14H17BrN2O4. The number of hydrogen-bond acceptors (Lipinski definition) is 3. The van der Waals surface area contributed by atoms with Gasteiger partial charge in [-0.15, -0.1) is 0 Å². The number of halogens is 1. The molecule has 1 rings (SSSR count). The number of hydrogen-bond donors (Lipinski definition) is 3. The summed E-state index contributed by atoms with van der Waals surface area (Å²) in [5.41, 5.74) is 5.95. The van der Waals surface area contributed by atoms with Gasteiger partial charge in [-0.2, -0.15) is 0 Å². The predicted octanol–water partition coefficient (Wildman–Crippen LogP) is 1.22. The highest BCUT2D eigenvalue weighted by molar-refractivity contribution is 9.10. The summed E-state index contributed by atoms with van der Waals surface area (Å²) in [6.07, 6.45) is 0.613. The molecule has 0 aliphatic carbocycles. The summed E-state index contributed by atoms with van der Waals surface area (Å²) >= 11 is 3.32. The van der Waals surface area contributed by atoms with Gasteiger partial charge in [0.1, 0.15) is 6.04 Å². The number of carbonyl (C=O) groups is 3. The molecule has 0 saturated heterocycles. The van der Waals surface area contributed by atoms with Crippen molar-refractivity contribution in [2.45, 2.75) is 31.7 Å². The molecular weight excluding hydrogens is 340 g/mol. The number of benzene rings is 1. The van der Waals surface area contributed by atoms with E-state index in [2.05, 4.69) is 21.2 Å². The van der Waals surface area contributed by atoms with Crippen molar-refractivity contribution in [1.29, 1.82) is 0 Å². The van der Waals surface area contributed by atoms with Crippen LogP contribution in [-0.2, 0) is 20.8 Å². The molecule has 0 aromatic heterocycles. The van der Waals surface area contributed by atoms with Gasteiger partial charge in [0, 0.05) is 17.3 Å². The second-order valence-electron chi connectivity index (χ2n) is 4.59. The molecule has 1 aromatic carbocycles. The van der Waals surface area contributed by atoms with Gasteiger partial charge in [-0.3, -0.25) is 9.59 Å². The van der Waals surface area contributed by atoms with Crippen molar-refractivity contribution < 1.29 is 19.5 Å². The van der Waals surface area contributed by atoms with E-state index in [1.807, 2.05) is 24.3 Å². The lowest BCUT2D eigenvalue weighted by atomic mass is 10.1. The summed E-state index contributed by atoms with van der Waals surface area (Å²) < 4.78 is 0.952. The first kappa shape index (κ1) is 17.2. The normalized spacial score (nSPS) is 11.7. The van der Waals surface area contributed by atoms with E-state index in [1.165, 1.54) is 0 Å². The van der Waals surface area contributed by atoms with E-state index in [0.717, 1.165) is 10.0 Å². The Bertz CT molecular complexity index is 516. The number of carbonyl (C=O) groups excluding carboxylic acids is 2. The molecule has 0 radical (unpaired) electrons. The molecule has 4 N–H and O–H groups in total. The van der Waals surface area contributed by atoms with Gasteiger partial charge in [-0.05, 0) is 30.5 Å². The summed E-state index contributed by atoms with van der Waals surface area (Å²) in [5.74, 6) is -2.13. The summed E-state index contributed by atoms with van der Waals surface area (Å²) in [5, 5.41) is 11.4. The van der Waals surface area contributed by atoms with Crippen molar-refractivity contribution in [2.75, 3.05) is 0 Å². The molecule has 0 saturated carbocycles. The molecule has 1 atom stereocenters. The van der Waals surface area contributed by atoms with Crippen LogP contribution in [-0.4, -0.2) is 28.9 Å². The SMILES string of the molecule is NC(=O)CC[C@H](NC(=O)CCc1ccc(Br)cc1)C(=O)O. The van der Waals surface area contributed by atoms with Gasteiger partial charge < -0.3 is 16.2 Å². The minimum Gasteiger partial charge on any atom is -0.480 e. The first-order chi connectivity index (χ1) is 9.88. The number of amides is 2. The lowest BCUT2D eigenvalue weighted by molar-refractivity contribution is -0.142. The number of aryl methyl sites for hydroxylation is 1. The lowest BCUT2D eigenvalue weighted by Crippen LogP contribution is -2.41. The summed E-state index contributed by atoms with van der Waals surface area (Å²) in [7, 11) is 0. The highest BCUT2D eigenvalue weighted by Crippen LogP contribution is 2.11. The molecule has 2 amide bonds. The van der Waals surface area contributed by atoms with Gasteiger partial charge in [0.05, 0.1) is 0 Å². The van der Waals surface area contributed by atoms with E-state index < -0.39 is 17.9 Å². The third kappa shape index (κ3) is 6.89. The van der Waals surface area contributed by atoms with Gasteiger partial charge in [-0.25, -0.2) is 4.79 Å². The number of carboxylic acid groups (broad SMARTS) is 1. The van der Waals surface area contributed by atoms with Crippen LogP contribution in [0, 0.1) is 0 Å². The van der Waals surface area contributed by atoms with Gasteiger partial charge in [0.2, 0.25) is 11.8 Å². The Hall–Kier alpha value is -1.89. The van der Waals surface area contributed by atoms with Gasteiger partial charge in [0.25, 0.3) is 0 Å². The van der Waals surface area contributed by atoms with Gasteiger partial charge >= 0.3 is 5.97 Å².